The van der Waals surface area contributed by atoms with E-state index in [0.717, 1.165) is 34.3 Å². The van der Waals surface area contributed by atoms with Crippen LogP contribution in [0.2, 0.25) is 5.02 Å². The van der Waals surface area contributed by atoms with Gasteiger partial charge in [-0.1, -0.05) is 30.7 Å². The van der Waals surface area contributed by atoms with Crippen molar-refractivity contribution in [2.75, 3.05) is 25.5 Å². The molecule has 0 saturated heterocycles. The van der Waals surface area contributed by atoms with Crippen molar-refractivity contribution in [3.63, 3.8) is 0 Å². The third kappa shape index (κ3) is 4.13. The molecule has 3 nitrogen and oxygen atoms in total. The van der Waals surface area contributed by atoms with E-state index in [1.165, 1.54) is 0 Å². The second-order valence-corrected chi connectivity index (χ2v) is 5.40. The predicted molar refractivity (Wildman–Crippen MR) is 89.7 cm³/mol. The molecule has 0 bridgehead atoms. The average molecular weight is 305 g/mol. The molecular formula is C17H21ClN2O. The molecule has 0 atom stereocenters. The minimum Gasteiger partial charge on any atom is -0.457 e. The summed E-state index contributed by atoms with van der Waals surface area (Å²) in [5, 5.41) is 4.01. The number of halogens is 1. The van der Waals surface area contributed by atoms with Gasteiger partial charge in [-0.2, -0.15) is 0 Å². The zero-order valence-corrected chi connectivity index (χ0v) is 13.4. The number of hydrogen-bond acceptors (Lipinski definition) is 3. The summed E-state index contributed by atoms with van der Waals surface area (Å²) in [5.41, 5.74) is 2.08. The van der Waals surface area contributed by atoms with Crippen LogP contribution in [0.4, 0.5) is 5.69 Å². The van der Waals surface area contributed by atoms with E-state index in [9.17, 15) is 0 Å². The molecule has 0 aromatic heterocycles. The number of ether oxygens (including phenoxy) is 1. The van der Waals surface area contributed by atoms with Gasteiger partial charge in [-0.3, -0.25) is 0 Å². The lowest BCUT2D eigenvalue weighted by atomic mass is 10.2. The van der Waals surface area contributed by atoms with E-state index in [1.807, 2.05) is 61.5 Å². The summed E-state index contributed by atoms with van der Waals surface area (Å²) in [7, 11) is 4.02. The van der Waals surface area contributed by atoms with E-state index in [2.05, 4.69) is 12.2 Å². The molecule has 0 aliphatic carbocycles. The standard InChI is InChI=1S/C17H21ClN2O/c1-4-19-12-15-16(18)9-6-10-17(15)21-14-8-5-7-13(11-14)20(2)3/h5-11,19H,4,12H2,1-3H3. The highest BCUT2D eigenvalue weighted by Gasteiger charge is 2.09. The van der Waals surface area contributed by atoms with Crippen LogP contribution in [0.1, 0.15) is 12.5 Å². The molecule has 2 rings (SSSR count). The largest absolute Gasteiger partial charge is 0.457 e. The van der Waals surface area contributed by atoms with E-state index in [0.29, 0.717) is 6.54 Å². The van der Waals surface area contributed by atoms with E-state index < -0.39 is 0 Å². The highest BCUT2D eigenvalue weighted by atomic mass is 35.5. The molecule has 21 heavy (non-hydrogen) atoms. The Balaban J connectivity index is 2.26. The Morgan fingerprint density at radius 1 is 1.14 bits per heavy atom. The van der Waals surface area contributed by atoms with Crippen molar-refractivity contribution in [3.05, 3.63) is 53.1 Å². The van der Waals surface area contributed by atoms with Crippen LogP contribution < -0.4 is 15.0 Å². The maximum atomic E-state index is 6.28. The van der Waals surface area contributed by atoms with Crippen molar-refractivity contribution in [2.24, 2.45) is 0 Å². The van der Waals surface area contributed by atoms with Crippen LogP contribution in [0.3, 0.4) is 0 Å². The van der Waals surface area contributed by atoms with Crippen LogP contribution in [0.5, 0.6) is 11.5 Å². The maximum absolute atomic E-state index is 6.28. The fraction of sp³-hybridized carbons (Fsp3) is 0.294. The molecule has 2 aromatic rings. The molecule has 1 N–H and O–H groups in total. The van der Waals surface area contributed by atoms with E-state index >= 15 is 0 Å². The molecule has 0 spiro atoms. The van der Waals surface area contributed by atoms with Gasteiger partial charge in [-0.15, -0.1) is 0 Å². The summed E-state index contributed by atoms with van der Waals surface area (Å²) in [6.45, 7) is 3.65. The molecule has 0 saturated carbocycles. The number of nitrogens with zero attached hydrogens (tertiary/aromatic N) is 1. The van der Waals surface area contributed by atoms with Crippen LogP contribution >= 0.6 is 11.6 Å². The molecule has 4 heteroatoms. The fourth-order valence-corrected chi connectivity index (χ4v) is 2.24. The number of anilines is 1. The van der Waals surface area contributed by atoms with Gasteiger partial charge in [0.05, 0.1) is 0 Å². The molecule has 0 aliphatic heterocycles. The Kier molecular flexibility index (Phi) is 5.48. The molecule has 0 amide bonds. The van der Waals surface area contributed by atoms with Gasteiger partial charge in [0.15, 0.2) is 0 Å². The van der Waals surface area contributed by atoms with Crippen molar-refractivity contribution < 1.29 is 4.74 Å². The van der Waals surface area contributed by atoms with Gasteiger partial charge in [0.2, 0.25) is 0 Å². The first-order chi connectivity index (χ1) is 10.1. The Labute approximate surface area is 131 Å². The monoisotopic (exact) mass is 304 g/mol. The van der Waals surface area contributed by atoms with Crippen molar-refractivity contribution >= 4 is 17.3 Å². The normalized spacial score (nSPS) is 10.5. The molecular weight excluding hydrogens is 284 g/mol. The number of benzene rings is 2. The van der Waals surface area contributed by atoms with Gasteiger partial charge >= 0.3 is 0 Å². The molecule has 0 heterocycles. The Morgan fingerprint density at radius 3 is 2.62 bits per heavy atom. The molecule has 0 unspecified atom stereocenters. The van der Waals surface area contributed by atoms with Crippen LogP contribution in [0.15, 0.2) is 42.5 Å². The molecule has 0 fully saturated rings. The molecule has 0 radical (unpaired) electrons. The Hall–Kier alpha value is -1.71. The zero-order chi connectivity index (χ0) is 15.2. The molecule has 2 aromatic carbocycles. The first-order valence-corrected chi connectivity index (χ1v) is 7.43. The molecule has 112 valence electrons. The Bertz CT molecular complexity index is 599. The lowest BCUT2D eigenvalue weighted by molar-refractivity contribution is 0.473. The second-order valence-electron chi connectivity index (χ2n) is 4.99. The number of hydrogen-bond donors (Lipinski definition) is 1. The van der Waals surface area contributed by atoms with Crippen LogP contribution in [-0.4, -0.2) is 20.6 Å². The van der Waals surface area contributed by atoms with Crippen molar-refractivity contribution in [1.82, 2.24) is 5.32 Å². The van der Waals surface area contributed by atoms with E-state index in [4.69, 9.17) is 16.3 Å². The lowest BCUT2D eigenvalue weighted by Gasteiger charge is -2.16. The summed E-state index contributed by atoms with van der Waals surface area (Å²) in [4.78, 5) is 2.05. The first kappa shape index (κ1) is 15.7. The van der Waals surface area contributed by atoms with Gasteiger partial charge in [0.25, 0.3) is 0 Å². The van der Waals surface area contributed by atoms with Crippen molar-refractivity contribution in [2.45, 2.75) is 13.5 Å². The third-order valence-electron chi connectivity index (χ3n) is 3.19. The Morgan fingerprint density at radius 2 is 1.90 bits per heavy atom. The quantitative estimate of drug-likeness (QED) is 0.860. The highest BCUT2D eigenvalue weighted by Crippen LogP contribution is 2.31. The molecule has 0 aliphatic rings. The lowest BCUT2D eigenvalue weighted by Crippen LogP contribution is -2.13. The van der Waals surface area contributed by atoms with Crippen LogP contribution in [0, 0.1) is 0 Å². The topological polar surface area (TPSA) is 24.5 Å². The summed E-state index contributed by atoms with van der Waals surface area (Å²) in [6, 6.07) is 13.7. The van der Waals surface area contributed by atoms with Gasteiger partial charge < -0.3 is 15.0 Å². The third-order valence-corrected chi connectivity index (χ3v) is 3.54. The number of nitrogens with one attached hydrogen (secondary N) is 1. The van der Waals surface area contributed by atoms with Crippen molar-refractivity contribution in [3.8, 4) is 11.5 Å². The smallest absolute Gasteiger partial charge is 0.133 e. The highest BCUT2D eigenvalue weighted by molar-refractivity contribution is 6.31. The SMILES string of the molecule is CCNCc1c(Cl)cccc1Oc1cccc(N(C)C)c1. The first-order valence-electron chi connectivity index (χ1n) is 7.05. The fourth-order valence-electron chi connectivity index (χ4n) is 2.01. The number of rotatable bonds is 6. The van der Waals surface area contributed by atoms with Gasteiger partial charge in [0.1, 0.15) is 11.5 Å². The van der Waals surface area contributed by atoms with Crippen LogP contribution in [-0.2, 0) is 6.54 Å². The van der Waals surface area contributed by atoms with Crippen LogP contribution in [0.25, 0.3) is 0 Å². The zero-order valence-electron chi connectivity index (χ0n) is 12.7. The van der Waals surface area contributed by atoms with Gasteiger partial charge in [0, 0.05) is 43.0 Å². The van der Waals surface area contributed by atoms with Gasteiger partial charge in [-0.25, -0.2) is 0 Å². The summed E-state index contributed by atoms with van der Waals surface area (Å²) < 4.78 is 6.03. The summed E-state index contributed by atoms with van der Waals surface area (Å²) in [6.07, 6.45) is 0. The maximum Gasteiger partial charge on any atom is 0.133 e. The minimum atomic E-state index is 0.693. The van der Waals surface area contributed by atoms with Gasteiger partial charge in [-0.05, 0) is 30.8 Å². The second kappa shape index (κ2) is 7.34. The summed E-state index contributed by atoms with van der Waals surface area (Å²) in [5.74, 6) is 1.60. The van der Waals surface area contributed by atoms with E-state index in [1.54, 1.807) is 0 Å². The van der Waals surface area contributed by atoms with E-state index in [-0.39, 0.29) is 0 Å². The minimum absolute atomic E-state index is 0.693. The summed E-state index contributed by atoms with van der Waals surface area (Å²) >= 11 is 6.28. The predicted octanol–water partition coefficient (Wildman–Crippen LogP) is 4.31. The average Bonchev–Trinajstić information content (AvgIpc) is 2.47. The van der Waals surface area contributed by atoms with Crippen molar-refractivity contribution in [1.29, 1.82) is 0 Å².